The van der Waals surface area contributed by atoms with Crippen LogP contribution in [0.3, 0.4) is 0 Å². The standard InChI is InChI=1S/C20H22N4O3/c1-13-6-7-17(26-3)16(11-13)14(2)22-18(25)8-9-19-23-20(24-27-19)15-5-4-10-21-12-15/h4-7,10-12,14H,8-9H2,1-3H3,(H,22,25)/t14-/m0/s1. The van der Waals surface area contributed by atoms with Gasteiger partial charge in [-0.2, -0.15) is 4.98 Å². The van der Waals surface area contributed by atoms with Crippen molar-refractivity contribution in [3.8, 4) is 17.1 Å². The lowest BCUT2D eigenvalue weighted by Crippen LogP contribution is -2.27. The zero-order valence-corrected chi connectivity index (χ0v) is 15.6. The lowest BCUT2D eigenvalue weighted by atomic mass is 10.0. The van der Waals surface area contributed by atoms with E-state index in [1.807, 2.05) is 38.1 Å². The first-order valence-electron chi connectivity index (χ1n) is 8.73. The molecule has 0 aliphatic rings. The summed E-state index contributed by atoms with van der Waals surface area (Å²) in [4.78, 5) is 20.7. The number of hydrogen-bond acceptors (Lipinski definition) is 6. The SMILES string of the molecule is COc1ccc(C)cc1[C@H](C)NC(=O)CCc1nc(-c2cccnc2)no1. The van der Waals surface area contributed by atoms with E-state index in [4.69, 9.17) is 9.26 Å². The normalized spacial score (nSPS) is 11.8. The average molecular weight is 366 g/mol. The van der Waals surface area contributed by atoms with Crippen LogP contribution in [-0.2, 0) is 11.2 Å². The fourth-order valence-electron chi connectivity index (χ4n) is 2.77. The Labute approximate surface area is 157 Å². The van der Waals surface area contributed by atoms with Gasteiger partial charge in [0.05, 0.1) is 13.2 Å². The van der Waals surface area contributed by atoms with Crippen LogP contribution in [0.1, 0.15) is 36.4 Å². The van der Waals surface area contributed by atoms with Gasteiger partial charge >= 0.3 is 0 Å². The first-order valence-corrected chi connectivity index (χ1v) is 8.73. The van der Waals surface area contributed by atoms with Crippen molar-refractivity contribution in [1.82, 2.24) is 20.4 Å². The minimum Gasteiger partial charge on any atom is -0.496 e. The molecule has 0 saturated carbocycles. The Morgan fingerprint density at radius 1 is 1.33 bits per heavy atom. The number of aryl methyl sites for hydroxylation is 2. The summed E-state index contributed by atoms with van der Waals surface area (Å²) in [5.41, 5.74) is 2.83. The largest absolute Gasteiger partial charge is 0.496 e. The fraction of sp³-hybridized carbons (Fsp3) is 0.300. The molecule has 0 fully saturated rings. The van der Waals surface area contributed by atoms with Crippen LogP contribution in [-0.4, -0.2) is 28.1 Å². The number of carbonyl (C=O) groups is 1. The zero-order valence-electron chi connectivity index (χ0n) is 15.6. The number of nitrogens with one attached hydrogen (secondary N) is 1. The maximum absolute atomic E-state index is 12.3. The third-order valence-electron chi connectivity index (χ3n) is 4.18. The van der Waals surface area contributed by atoms with Crippen molar-refractivity contribution < 1.29 is 14.1 Å². The molecule has 1 aromatic carbocycles. The molecule has 7 nitrogen and oxygen atoms in total. The van der Waals surface area contributed by atoms with Crippen LogP contribution in [0.2, 0.25) is 0 Å². The second-order valence-corrected chi connectivity index (χ2v) is 6.29. The zero-order chi connectivity index (χ0) is 19.2. The second-order valence-electron chi connectivity index (χ2n) is 6.29. The van der Waals surface area contributed by atoms with Crippen LogP contribution >= 0.6 is 0 Å². The quantitative estimate of drug-likeness (QED) is 0.690. The molecular weight excluding hydrogens is 344 g/mol. The van der Waals surface area contributed by atoms with Gasteiger partial charge in [-0.25, -0.2) is 0 Å². The Bertz CT molecular complexity index is 909. The maximum Gasteiger partial charge on any atom is 0.227 e. The number of pyridine rings is 1. The molecule has 0 bridgehead atoms. The van der Waals surface area contributed by atoms with Crippen LogP contribution in [0, 0.1) is 6.92 Å². The lowest BCUT2D eigenvalue weighted by Gasteiger charge is -2.17. The number of hydrogen-bond donors (Lipinski definition) is 1. The summed E-state index contributed by atoms with van der Waals surface area (Å²) < 4.78 is 10.6. The molecule has 0 aliphatic heterocycles. The van der Waals surface area contributed by atoms with Crippen LogP contribution < -0.4 is 10.1 Å². The molecule has 0 unspecified atom stereocenters. The van der Waals surface area contributed by atoms with Gasteiger partial charge in [0.25, 0.3) is 0 Å². The summed E-state index contributed by atoms with van der Waals surface area (Å²) in [6.07, 6.45) is 3.97. The summed E-state index contributed by atoms with van der Waals surface area (Å²) in [5.74, 6) is 1.56. The molecule has 0 aliphatic carbocycles. The minimum absolute atomic E-state index is 0.0906. The minimum atomic E-state index is -0.166. The number of ether oxygens (including phenoxy) is 1. The highest BCUT2D eigenvalue weighted by Crippen LogP contribution is 2.26. The monoisotopic (exact) mass is 366 g/mol. The van der Waals surface area contributed by atoms with Crippen LogP contribution in [0.4, 0.5) is 0 Å². The van der Waals surface area contributed by atoms with Crippen molar-refractivity contribution in [2.75, 3.05) is 7.11 Å². The van der Waals surface area contributed by atoms with E-state index in [1.165, 1.54) is 0 Å². The molecular formula is C20H22N4O3. The Morgan fingerprint density at radius 2 is 2.19 bits per heavy atom. The van der Waals surface area contributed by atoms with Gasteiger partial charge in [0.15, 0.2) is 0 Å². The third kappa shape index (κ3) is 4.69. The van der Waals surface area contributed by atoms with E-state index in [-0.39, 0.29) is 18.4 Å². The van der Waals surface area contributed by atoms with E-state index >= 15 is 0 Å². The molecule has 2 aromatic heterocycles. The summed E-state index contributed by atoms with van der Waals surface area (Å²) in [6, 6.07) is 9.39. The van der Waals surface area contributed by atoms with Gasteiger partial charge in [-0.05, 0) is 32.0 Å². The molecule has 3 aromatic rings. The van der Waals surface area contributed by atoms with Gasteiger partial charge in [-0.3, -0.25) is 9.78 Å². The summed E-state index contributed by atoms with van der Waals surface area (Å²) in [5, 5.41) is 6.92. The van der Waals surface area contributed by atoms with E-state index < -0.39 is 0 Å². The Morgan fingerprint density at radius 3 is 2.93 bits per heavy atom. The van der Waals surface area contributed by atoms with Gasteiger partial charge in [-0.1, -0.05) is 22.9 Å². The predicted molar refractivity (Wildman–Crippen MR) is 100 cm³/mol. The molecule has 7 heteroatoms. The molecule has 1 amide bonds. The summed E-state index contributed by atoms with van der Waals surface area (Å²) >= 11 is 0. The Balaban J connectivity index is 1.57. The van der Waals surface area contributed by atoms with Crippen LogP contribution in [0.5, 0.6) is 5.75 Å². The first kappa shape index (κ1) is 18.6. The highest BCUT2D eigenvalue weighted by Gasteiger charge is 2.16. The molecule has 2 heterocycles. The van der Waals surface area contributed by atoms with Crippen molar-refractivity contribution in [3.63, 3.8) is 0 Å². The van der Waals surface area contributed by atoms with Gasteiger partial charge in [0, 0.05) is 36.4 Å². The van der Waals surface area contributed by atoms with Crippen molar-refractivity contribution in [3.05, 3.63) is 59.7 Å². The predicted octanol–water partition coefficient (Wildman–Crippen LogP) is 3.26. The molecule has 1 N–H and O–H groups in total. The van der Waals surface area contributed by atoms with E-state index in [0.717, 1.165) is 22.4 Å². The van der Waals surface area contributed by atoms with Gasteiger partial charge in [-0.15, -0.1) is 0 Å². The molecule has 27 heavy (non-hydrogen) atoms. The topological polar surface area (TPSA) is 90.1 Å². The third-order valence-corrected chi connectivity index (χ3v) is 4.18. The molecule has 1 atom stereocenters. The number of amides is 1. The molecule has 3 rings (SSSR count). The van der Waals surface area contributed by atoms with Gasteiger partial charge in [0.1, 0.15) is 5.75 Å². The summed E-state index contributed by atoms with van der Waals surface area (Å²) in [6.45, 7) is 3.94. The average Bonchev–Trinajstić information content (AvgIpc) is 3.16. The molecule has 0 saturated heterocycles. The highest BCUT2D eigenvalue weighted by molar-refractivity contribution is 5.76. The van der Waals surface area contributed by atoms with Crippen molar-refractivity contribution in [1.29, 1.82) is 0 Å². The van der Waals surface area contributed by atoms with E-state index in [9.17, 15) is 4.79 Å². The number of carbonyl (C=O) groups excluding carboxylic acids is 1. The van der Waals surface area contributed by atoms with E-state index in [2.05, 4.69) is 20.4 Å². The molecule has 0 radical (unpaired) electrons. The summed E-state index contributed by atoms with van der Waals surface area (Å²) in [7, 11) is 1.62. The molecule has 140 valence electrons. The Hall–Kier alpha value is -3.22. The number of rotatable bonds is 7. The smallest absolute Gasteiger partial charge is 0.227 e. The molecule has 0 spiro atoms. The second kappa shape index (κ2) is 8.44. The lowest BCUT2D eigenvalue weighted by molar-refractivity contribution is -0.121. The number of aromatic nitrogens is 3. The number of nitrogens with zero attached hydrogens (tertiary/aromatic N) is 3. The van der Waals surface area contributed by atoms with Crippen molar-refractivity contribution in [2.45, 2.75) is 32.7 Å². The number of methoxy groups -OCH3 is 1. The van der Waals surface area contributed by atoms with Crippen LogP contribution in [0.15, 0.2) is 47.2 Å². The van der Waals surface area contributed by atoms with Gasteiger partial charge < -0.3 is 14.6 Å². The highest BCUT2D eigenvalue weighted by atomic mass is 16.5. The van der Waals surface area contributed by atoms with Crippen LogP contribution in [0.25, 0.3) is 11.4 Å². The maximum atomic E-state index is 12.3. The van der Waals surface area contributed by atoms with Gasteiger partial charge in [0.2, 0.25) is 17.6 Å². The Kier molecular flexibility index (Phi) is 5.80. The van der Waals surface area contributed by atoms with E-state index in [0.29, 0.717) is 18.1 Å². The van der Waals surface area contributed by atoms with E-state index in [1.54, 1.807) is 25.6 Å². The van der Waals surface area contributed by atoms with Crippen molar-refractivity contribution in [2.24, 2.45) is 0 Å². The number of benzene rings is 1. The fourth-order valence-corrected chi connectivity index (χ4v) is 2.77. The first-order chi connectivity index (χ1) is 13.1. The van der Waals surface area contributed by atoms with Crippen molar-refractivity contribution >= 4 is 5.91 Å².